The highest BCUT2D eigenvalue weighted by Crippen LogP contribution is 2.43. The van der Waals surface area contributed by atoms with E-state index in [1.165, 1.54) is 0 Å². The molecule has 0 fully saturated rings. The van der Waals surface area contributed by atoms with Crippen LogP contribution >= 0.6 is 19.8 Å². The summed E-state index contributed by atoms with van der Waals surface area (Å²) in [5.74, 6) is 1.53. The third-order valence-corrected chi connectivity index (χ3v) is 3.08. The van der Waals surface area contributed by atoms with Gasteiger partial charge in [0.1, 0.15) is 11.5 Å². The zero-order valence-electron chi connectivity index (χ0n) is 8.48. The lowest BCUT2D eigenvalue weighted by atomic mass is 10.3. The minimum Gasteiger partial charge on any atom is -0.431 e. The van der Waals surface area contributed by atoms with Crippen LogP contribution < -0.4 is 9.05 Å². The maximum Gasteiger partial charge on any atom is 0.357 e. The first-order valence-electron chi connectivity index (χ1n) is 4.79. The Morgan fingerprint density at radius 1 is 0.688 bits per heavy atom. The van der Waals surface area contributed by atoms with E-state index in [4.69, 9.17) is 9.05 Å². The Morgan fingerprint density at radius 2 is 1.06 bits per heavy atom. The van der Waals surface area contributed by atoms with Crippen molar-refractivity contribution in [3.05, 3.63) is 60.7 Å². The highest BCUT2D eigenvalue weighted by molar-refractivity contribution is 8.42. The molecule has 0 spiro atoms. The van der Waals surface area contributed by atoms with E-state index in [0.717, 1.165) is 11.5 Å². The third kappa shape index (κ3) is 3.44. The Bertz CT molecular complexity index is 380. The summed E-state index contributed by atoms with van der Waals surface area (Å²) in [6, 6.07) is 19.0. The molecule has 0 aromatic heterocycles. The fourth-order valence-corrected chi connectivity index (χ4v) is 2.37. The standard InChI is InChI=1S/C12H11O2PS/c16-15(13-11-7-3-1-4-8-11)14-12-9-5-2-6-10-12/h1-10,16H. The summed E-state index contributed by atoms with van der Waals surface area (Å²) in [5.41, 5.74) is 0. The van der Waals surface area contributed by atoms with Crippen LogP contribution in [-0.2, 0) is 0 Å². The zero-order valence-corrected chi connectivity index (χ0v) is 10.3. The lowest BCUT2D eigenvalue weighted by Gasteiger charge is -2.13. The monoisotopic (exact) mass is 250 g/mol. The fourth-order valence-electron chi connectivity index (χ4n) is 1.16. The van der Waals surface area contributed by atoms with Gasteiger partial charge in [-0.25, -0.2) is 0 Å². The summed E-state index contributed by atoms with van der Waals surface area (Å²) in [7, 11) is -1.24. The van der Waals surface area contributed by atoms with Crippen molar-refractivity contribution in [1.29, 1.82) is 0 Å². The molecule has 0 heterocycles. The van der Waals surface area contributed by atoms with E-state index in [1.807, 2.05) is 60.7 Å². The first kappa shape index (κ1) is 11.3. The molecule has 0 aliphatic carbocycles. The molecule has 0 bridgehead atoms. The Morgan fingerprint density at radius 3 is 1.44 bits per heavy atom. The van der Waals surface area contributed by atoms with E-state index in [2.05, 4.69) is 12.2 Å². The summed E-state index contributed by atoms with van der Waals surface area (Å²) in [6.45, 7) is 0. The first-order chi connectivity index (χ1) is 7.84. The van der Waals surface area contributed by atoms with Crippen LogP contribution in [-0.4, -0.2) is 0 Å². The molecule has 0 N–H and O–H groups in total. The molecule has 2 aromatic carbocycles. The second-order valence-corrected chi connectivity index (χ2v) is 4.87. The van der Waals surface area contributed by atoms with Crippen molar-refractivity contribution in [2.24, 2.45) is 0 Å². The Labute approximate surface area is 101 Å². The minimum absolute atomic E-state index is 0.763. The molecule has 16 heavy (non-hydrogen) atoms. The molecule has 0 atom stereocenters. The van der Waals surface area contributed by atoms with Crippen molar-refractivity contribution in [1.82, 2.24) is 0 Å². The van der Waals surface area contributed by atoms with Gasteiger partial charge in [-0.3, -0.25) is 0 Å². The van der Waals surface area contributed by atoms with Gasteiger partial charge < -0.3 is 9.05 Å². The van der Waals surface area contributed by atoms with Crippen LogP contribution in [0.3, 0.4) is 0 Å². The lowest BCUT2D eigenvalue weighted by Crippen LogP contribution is -1.89. The highest BCUT2D eigenvalue weighted by atomic mass is 32.7. The first-order valence-corrected chi connectivity index (χ1v) is 7.13. The number of para-hydroxylation sites is 2. The summed E-state index contributed by atoms with van der Waals surface area (Å²) in [4.78, 5) is 0. The van der Waals surface area contributed by atoms with Crippen molar-refractivity contribution in [3.8, 4) is 11.5 Å². The van der Waals surface area contributed by atoms with E-state index >= 15 is 0 Å². The van der Waals surface area contributed by atoms with Gasteiger partial charge in [0, 0.05) is 0 Å². The SMILES string of the molecule is SP(Oc1ccccc1)Oc1ccccc1. The van der Waals surface area contributed by atoms with Crippen LogP contribution in [0.15, 0.2) is 60.7 Å². The molecule has 0 radical (unpaired) electrons. The van der Waals surface area contributed by atoms with E-state index in [-0.39, 0.29) is 0 Å². The summed E-state index contributed by atoms with van der Waals surface area (Å²) >= 11 is 4.27. The number of thiol groups is 1. The van der Waals surface area contributed by atoms with Gasteiger partial charge in [-0.15, -0.1) is 0 Å². The molecule has 2 aromatic rings. The quantitative estimate of drug-likeness (QED) is 0.644. The van der Waals surface area contributed by atoms with Crippen LogP contribution in [0, 0.1) is 0 Å². The predicted octanol–water partition coefficient (Wildman–Crippen LogP) is 4.30. The van der Waals surface area contributed by atoms with Crippen molar-refractivity contribution in [2.45, 2.75) is 0 Å². The molecule has 0 aliphatic heterocycles. The maximum atomic E-state index is 5.53. The Kier molecular flexibility index (Phi) is 4.09. The zero-order chi connectivity index (χ0) is 11.2. The molecule has 2 nitrogen and oxygen atoms in total. The summed E-state index contributed by atoms with van der Waals surface area (Å²) < 4.78 is 11.1. The van der Waals surface area contributed by atoms with Gasteiger partial charge in [-0.1, -0.05) is 48.6 Å². The van der Waals surface area contributed by atoms with Gasteiger partial charge in [-0.05, 0) is 24.3 Å². The second-order valence-electron chi connectivity index (χ2n) is 3.05. The average molecular weight is 250 g/mol. The van der Waals surface area contributed by atoms with E-state index < -0.39 is 7.58 Å². The van der Waals surface area contributed by atoms with Crippen LogP contribution in [0.2, 0.25) is 0 Å². The van der Waals surface area contributed by atoms with Crippen LogP contribution in [0.5, 0.6) is 11.5 Å². The highest BCUT2D eigenvalue weighted by Gasteiger charge is 2.07. The topological polar surface area (TPSA) is 18.5 Å². The second kappa shape index (κ2) is 5.78. The van der Waals surface area contributed by atoms with Gasteiger partial charge in [0.05, 0.1) is 0 Å². The van der Waals surface area contributed by atoms with Gasteiger partial charge in [0.15, 0.2) is 0 Å². The van der Waals surface area contributed by atoms with Crippen LogP contribution in [0.25, 0.3) is 0 Å². The molecule has 0 unspecified atom stereocenters. The van der Waals surface area contributed by atoms with Gasteiger partial charge >= 0.3 is 7.58 Å². The van der Waals surface area contributed by atoms with Gasteiger partial charge in [-0.2, -0.15) is 0 Å². The lowest BCUT2D eigenvalue weighted by molar-refractivity contribution is 0.510. The molecule has 0 aliphatic rings. The minimum atomic E-state index is -1.24. The van der Waals surface area contributed by atoms with E-state index in [9.17, 15) is 0 Å². The summed E-state index contributed by atoms with van der Waals surface area (Å²) in [6.07, 6.45) is 0. The number of benzene rings is 2. The van der Waals surface area contributed by atoms with Crippen LogP contribution in [0.1, 0.15) is 0 Å². The molecule has 4 heteroatoms. The molecular formula is C12H11O2PS. The van der Waals surface area contributed by atoms with Gasteiger partial charge in [0.25, 0.3) is 0 Å². The van der Waals surface area contributed by atoms with Crippen molar-refractivity contribution < 1.29 is 9.05 Å². The van der Waals surface area contributed by atoms with E-state index in [0.29, 0.717) is 0 Å². The summed E-state index contributed by atoms with van der Waals surface area (Å²) in [5, 5.41) is 0. The van der Waals surface area contributed by atoms with Crippen LogP contribution in [0.4, 0.5) is 0 Å². The number of hydrogen-bond donors (Lipinski definition) is 1. The molecule has 2 rings (SSSR count). The third-order valence-electron chi connectivity index (χ3n) is 1.85. The molecule has 0 amide bonds. The number of rotatable bonds is 4. The molecule has 0 saturated heterocycles. The van der Waals surface area contributed by atoms with Gasteiger partial charge in [0.2, 0.25) is 0 Å². The van der Waals surface area contributed by atoms with Crippen molar-refractivity contribution >= 4 is 19.8 Å². The largest absolute Gasteiger partial charge is 0.431 e. The molecular weight excluding hydrogens is 239 g/mol. The normalized spacial score (nSPS) is 10.1. The smallest absolute Gasteiger partial charge is 0.357 e. The fraction of sp³-hybridized carbons (Fsp3) is 0. The molecule has 82 valence electrons. The Balaban J connectivity index is 1.92. The average Bonchev–Trinajstić information content (AvgIpc) is 2.31. The number of hydrogen-bond acceptors (Lipinski definition) is 3. The van der Waals surface area contributed by atoms with E-state index in [1.54, 1.807) is 0 Å². The van der Waals surface area contributed by atoms with Crippen molar-refractivity contribution in [3.63, 3.8) is 0 Å². The maximum absolute atomic E-state index is 5.53. The van der Waals surface area contributed by atoms with Crippen molar-refractivity contribution in [2.75, 3.05) is 0 Å². The predicted molar refractivity (Wildman–Crippen MR) is 70.0 cm³/mol. The Hall–Kier alpha value is -1.18. The molecule has 0 saturated carbocycles.